The molecule has 0 fully saturated rings. The molecule has 0 aliphatic rings. The molecule has 5 N–H and O–H groups in total. The van der Waals surface area contributed by atoms with E-state index >= 15 is 0 Å². The van der Waals surface area contributed by atoms with E-state index in [1.54, 1.807) is 0 Å². The van der Waals surface area contributed by atoms with Crippen LogP contribution in [0.3, 0.4) is 0 Å². The number of amides is 1. The number of hydrogen-bond donors (Lipinski definition) is 3. The fourth-order valence-electron chi connectivity index (χ4n) is 2.18. The van der Waals surface area contributed by atoms with E-state index < -0.39 is 0 Å². The van der Waals surface area contributed by atoms with Crippen LogP contribution in [0.15, 0.2) is 34.8 Å². The normalized spacial score (nSPS) is 10.7. The summed E-state index contributed by atoms with van der Waals surface area (Å²) in [6, 6.07) is 7.65. The number of aromatic nitrogens is 3. The highest BCUT2D eigenvalue weighted by Crippen LogP contribution is 2.26. The summed E-state index contributed by atoms with van der Waals surface area (Å²) in [6.07, 6.45) is 0. The minimum atomic E-state index is -0.194. The number of nitrogens with one attached hydrogen (secondary N) is 1. The van der Waals surface area contributed by atoms with Gasteiger partial charge in [-0.3, -0.25) is 4.79 Å². The minimum absolute atomic E-state index is 0.140. The molecule has 0 aliphatic heterocycles. The van der Waals surface area contributed by atoms with Crippen molar-refractivity contribution in [2.45, 2.75) is 19.0 Å². The molecule has 0 saturated heterocycles. The predicted molar refractivity (Wildman–Crippen MR) is 107 cm³/mol. The Morgan fingerprint density at radius 3 is 2.54 bits per heavy atom. The highest BCUT2D eigenvalue weighted by Gasteiger charge is 2.10. The summed E-state index contributed by atoms with van der Waals surface area (Å²) < 4.78 is 0. The van der Waals surface area contributed by atoms with Crippen LogP contribution in [-0.4, -0.2) is 26.6 Å². The van der Waals surface area contributed by atoms with Crippen molar-refractivity contribution in [3.05, 3.63) is 40.8 Å². The number of carbonyl (C=O) groups is 1. The maximum Gasteiger partial charge on any atom is 0.236 e. The van der Waals surface area contributed by atoms with Crippen LogP contribution in [0.4, 0.5) is 16.8 Å². The zero-order valence-corrected chi connectivity index (χ0v) is 15.9. The third-order valence-corrected chi connectivity index (χ3v) is 5.24. The van der Waals surface area contributed by atoms with Crippen molar-refractivity contribution in [1.82, 2.24) is 15.0 Å². The number of hydrogen-bond acceptors (Lipinski definition) is 8. The summed E-state index contributed by atoms with van der Waals surface area (Å²) in [7, 11) is 0. The lowest BCUT2D eigenvalue weighted by Gasteiger charge is -2.03. The average molecular weight is 387 g/mol. The Morgan fingerprint density at radius 1 is 1.12 bits per heavy atom. The van der Waals surface area contributed by atoms with Gasteiger partial charge < -0.3 is 16.8 Å². The van der Waals surface area contributed by atoms with Crippen molar-refractivity contribution >= 4 is 45.8 Å². The maximum atomic E-state index is 12.1. The molecule has 2 heterocycles. The quantitative estimate of drug-likeness (QED) is 0.455. The van der Waals surface area contributed by atoms with Gasteiger partial charge in [-0.05, 0) is 31.0 Å². The van der Waals surface area contributed by atoms with E-state index in [0.717, 1.165) is 11.3 Å². The van der Waals surface area contributed by atoms with E-state index in [2.05, 4.69) is 46.2 Å². The molecule has 0 saturated carbocycles. The van der Waals surface area contributed by atoms with Crippen LogP contribution < -0.4 is 16.8 Å². The van der Waals surface area contributed by atoms with Crippen molar-refractivity contribution in [1.29, 1.82) is 0 Å². The van der Waals surface area contributed by atoms with E-state index in [1.165, 1.54) is 40.3 Å². The number of thiazole rings is 1. The fourth-order valence-corrected chi connectivity index (χ4v) is 3.58. The van der Waals surface area contributed by atoms with E-state index in [1.807, 2.05) is 11.4 Å². The van der Waals surface area contributed by atoms with Gasteiger partial charge in [0.05, 0.1) is 11.4 Å². The Labute approximate surface area is 159 Å². The minimum Gasteiger partial charge on any atom is -0.383 e. The molecule has 7 nitrogen and oxygen atoms in total. The highest BCUT2D eigenvalue weighted by molar-refractivity contribution is 7.99. The van der Waals surface area contributed by atoms with Gasteiger partial charge in [0, 0.05) is 17.0 Å². The standard InChI is InChI=1S/C17H18N6OS2/c1-9-3-4-11(5-10(9)2)12-7-25-16(20-12)23-15(24)8-26-17-21-13(18)6-14(19)22-17/h3-7H,8H2,1-2H3,(H,20,23,24)(H4,18,19,21,22). The number of carbonyl (C=O) groups excluding carboxylic acids is 1. The van der Waals surface area contributed by atoms with E-state index in [4.69, 9.17) is 11.5 Å². The van der Waals surface area contributed by atoms with Crippen molar-refractivity contribution in [2.75, 3.05) is 22.5 Å². The van der Waals surface area contributed by atoms with E-state index in [-0.39, 0.29) is 23.3 Å². The molecule has 26 heavy (non-hydrogen) atoms. The molecule has 3 rings (SSSR count). The van der Waals surface area contributed by atoms with Crippen molar-refractivity contribution in [3.8, 4) is 11.3 Å². The summed E-state index contributed by atoms with van der Waals surface area (Å²) in [4.78, 5) is 24.7. The number of nitrogens with zero attached hydrogens (tertiary/aromatic N) is 3. The van der Waals surface area contributed by atoms with Gasteiger partial charge in [-0.1, -0.05) is 23.9 Å². The molecule has 0 radical (unpaired) electrons. The molecule has 0 atom stereocenters. The molecular weight excluding hydrogens is 368 g/mol. The topological polar surface area (TPSA) is 120 Å². The van der Waals surface area contributed by atoms with Crippen molar-refractivity contribution < 1.29 is 4.79 Å². The summed E-state index contributed by atoms with van der Waals surface area (Å²) in [5.74, 6) is 0.499. The zero-order chi connectivity index (χ0) is 18.7. The lowest BCUT2D eigenvalue weighted by Crippen LogP contribution is -2.14. The van der Waals surface area contributed by atoms with E-state index in [9.17, 15) is 4.79 Å². The Balaban J connectivity index is 1.61. The Morgan fingerprint density at radius 2 is 1.85 bits per heavy atom. The number of anilines is 3. The van der Waals surface area contributed by atoms with Crippen LogP contribution in [0.2, 0.25) is 0 Å². The molecule has 0 unspecified atom stereocenters. The third kappa shape index (κ3) is 4.50. The molecule has 1 amide bonds. The van der Waals surface area contributed by atoms with Crippen LogP contribution in [0.1, 0.15) is 11.1 Å². The zero-order valence-electron chi connectivity index (χ0n) is 14.3. The summed E-state index contributed by atoms with van der Waals surface area (Å²) in [5.41, 5.74) is 15.5. The predicted octanol–water partition coefficient (Wildman–Crippen LogP) is 3.11. The number of benzene rings is 1. The lowest BCUT2D eigenvalue weighted by molar-refractivity contribution is -0.113. The molecule has 0 bridgehead atoms. The van der Waals surface area contributed by atoms with Crippen LogP contribution in [0.25, 0.3) is 11.3 Å². The first-order chi connectivity index (χ1) is 12.4. The first-order valence-corrected chi connectivity index (χ1v) is 9.63. The largest absolute Gasteiger partial charge is 0.383 e. The van der Waals surface area contributed by atoms with Gasteiger partial charge in [0.2, 0.25) is 5.91 Å². The van der Waals surface area contributed by atoms with Gasteiger partial charge in [0.25, 0.3) is 0 Å². The highest BCUT2D eigenvalue weighted by atomic mass is 32.2. The second kappa shape index (κ2) is 7.71. The number of aryl methyl sites for hydroxylation is 2. The van der Waals surface area contributed by atoms with Crippen LogP contribution in [-0.2, 0) is 4.79 Å². The number of nitrogens with two attached hydrogens (primary N) is 2. The Hall–Kier alpha value is -2.65. The van der Waals surface area contributed by atoms with Gasteiger partial charge in [-0.15, -0.1) is 11.3 Å². The number of nitrogen functional groups attached to an aromatic ring is 2. The molecule has 0 spiro atoms. The molecule has 2 aromatic heterocycles. The summed E-state index contributed by atoms with van der Waals surface area (Å²) >= 11 is 2.55. The number of thioether (sulfide) groups is 1. The average Bonchev–Trinajstić information content (AvgIpc) is 3.03. The van der Waals surface area contributed by atoms with Crippen molar-refractivity contribution in [3.63, 3.8) is 0 Å². The second-order valence-corrected chi connectivity index (χ2v) is 7.47. The number of rotatable bonds is 5. The molecule has 134 valence electrons. The Bertz CT molecular complexity index is 936. The van der Waals surface area contributed by atoms with Gasteiger partial charge in [-0.25, -0.2) is 15.0 Å². The smallest absolute Gasteiger partial charge is 0.236 e. The van der Waals surface area contributed by atoms with Crippen molar-refractivity contribution in [2.24, 2.45) is 0 Å². The van der Waals surface area contributed by atoms with Gasteiger partial charge >= 0.3 is 0 Å². The molecule has 1 aromatic carbocycles. The molecule has 9 heteroatoms. The van der Waals surface area contributed by atoms with Crippen LogP contribution >= 0.6 is 23.1 Å². The lowest BCUT2D eigenvalue weighted by atomic mass is 10.1. The maximum absolute atomic E-state index is 12.1. The monoisotopic (exact) mass is 386 g/mol. The Kier molecular flexibility index (Phi) is 5.38. The molecule has 3 aromatic rings. The first-order valence-electron chi connectivity index (χ1n) is 7.76. The first kappa shape index (κ1) is 18.2. The second-order valence-electron chi connectivity index (χ2n) is 5.67. The van der Waals surface area contributed by atoms with Gasteiger partial charge in [0.15, 0.2) is 10.3 Å². The van der Waals surface area contributed by atoms with E-state index in [0.29, 0.717) is 10.3 Å². The SMILES string of the molecule is Cc1ccc(-c2csc(NC(=O)CSc3nc(N)cc(N)n3)n2)cc1C. The summed E-state index contributed by atoms with van der Waals surface area (Å²) in [5, 5.41) is 5.63. The fraction of sp³-hybridized carbons (Fsp3) is 0.176. The summed E-state index contributed by atoms with van der Waals surface area (Å²) in [6.45, 7) is 4.14. The van der Waals surface area contributed by atoms with Gasteiger partial charge in [0.1, 0.15) is 11.6 Å². The molecule has 0 aliphatic carbocycles. The third-order valence-electron chi connectivity index (χ3n) is 3.63. The van der Waals surface area contributed by atoms with Gasteiger partial charge in [-0.2, -0.15) is 0 Å². The van der Waals surface area contributed by atoms with Crippen LogP contribution in [0.5, 0.6) is 0 Å². The van der Waals surface area contributed by atoms with Crippen LogP contribution in [0, 0.1) is 13.8 Å². The molecular formula is C17H18N6OS2.